The maximum absolute atomic E-state index is 6.02. The van der Waals surface area contributed by atoms with Gasteiger partial charge in [0.2, 0.25) is 0 Å². The highest BCUT2D eigenvalue weighted by Crippen LogP contribution is 2.34. The third-order valence-corrected chi connectivity index (χ3v) is 5.75. The molecule has 4 nitrogen and oxygen atoms in total. The first-order valence-corrected chi connectivity index (χ1v) is 11.5. The molecule has 0 aliphatic heterocycles. The molecule has 160 valence electrons. The lowest BCUT2D eigenvalue weighted by Gasteiger charge is -2.18. The van der Waals surface area contributed by atoms with E-state index in [0.717, 1.165) is 71.3 Å². The van der Waals surface area contributed by atoms with Gasteiger partial charge < -0.3 is 19.7 Å². The summed E-state index contributed by atoms with van der Waals surface area (Å²) in [7, 11) is 0. The predicted molar refractivity (Wildman–Crippen MR) is 125 cm³/mol. The monoisotopic (exact) mass is 482 g/mol. The van der Waals surface area contributed by atoms with Crippen molar-refractivity contribution < 1.29 is 9.47 Å². The maximum Gasteiger partial charge on any atom is 0.162 e. The van der Waals surface area contributed by atoms with Crippen LogP contribution >= 0.6 is 27.5 Å². The van der Waals surface area contributed by atoms with Crippen LogP contribution in [0.5, 0.6) is 11.5 Å². The Morgan fingerprint density at radius 1 is 1.00 bits per heavy atom. The Morgan fingerprint density at radius 2 is 1.69 bits per heavy atom. The van der Waals surface area contributed by atoms with Crippen molar-refractivity contribution in [3.05, 3.63) is 57.0 Å². The minimum Gasteiger partial charge on any atom is -0.490 e. The summed E-state index contributed by atoms with van der Waals surface area (Å²) in [5, 5.41) is 4.26. The fourth-order valence-electron chi connectivity index (χ4n) is 3.03. The molecule has 0 amide bonds. The SMILES string of the molecule is CCOc1cc(CNCCCN(CC)CC)c(Br)cc1OCc1ccc(Cl)cc1. The van der Waals surface area contributed by atoms with Crippen LogP contribution in [0.2, 0.25) is 5.02 Å². The Balaban J connectivity index is 1.94. The molecule has 0 atom stereocenters. The Morgan fingerprint density at radius 3 is 2.34 bits per heavy atom. The van der Waals surface area contributed by atoms with Crippen LogP contribution in [0.1, 0.15) is 38.3 Å². The van der Waals surface area contributed by atoms with Crippen molar-refractivity contribution in [1.29, 1.82) is 0 Å². The van der Waals surface area contributed by atoms with Crippen LogP contribution in [0.3, 0.4) is 0 Å². The molecule has 29 heavy (non-hydrogen) atoms. The van der Waals surface area contributed by atoms with Crippen LogP contribution < -0.4 is 14.8 Å². The number of nitrogens with zero attached hydrogens (tertiary/aromatic N) is 1. The second kappa shape index (κ2) is 13.1. The average molecular weight is 484 g/mol. The van der Waals surface area contributed by atoms with Crippen LogP contribution in [0.4, 0.5) is 0 Å². The van der Waals surface area contributed by atoms with Gasteiger partial charge in [0.25, 0.3) is 0 Å². The van der Waals surface area contributed by atoms with E-state index < -0.39 is 0 Å². The van der Waals surface area contributed by atoms with E-state index in [0.29, 0.717) is 13.2 Å². The topological polar surface area (TPSA) is 33.7 Å². The van der Waals surface area contributed by atoms with Crippen molar-refractivity contribution in [1.82, 2.24) is 10.2 Å². The van der Waals surface area contributed by atoms with Gasteiger partial charge >= 0.3 is 0 Å². The first-order chi connectivity index (χ1) is 14.1. The quantitative estimate of drug-likeness (QED) is 0.360. The molecule has 2 rings (SSSR count). The highest BCUT2D eigenvalue weighted by molar-refractivity contribution is 9.10. The lowest BCUT2D eigenvalue weighted by atomic mass is 10.2. The largest absolute Gasteiger partial charge is 0.490 e. The van der Waals surface area contributed by atoms with Gasteiger partial charge in [0, 0.05) is 16.0 Å². The van der Waals surface area contributed by atoms with E-state index in [9.17, 15) is 0 Å². The van der Waals surface area contributed by atoms with E-state index in [-0.39, 0.29) is 0 Å². The van der Waals surface area contributed by atoms with E-state index in [4.69, 9.17) is 21.1 Å². The van der Waals surface area contributed by atoms with Gasteiger partial charge in [0.05, 0.1) is 6.61 Å². The van der Waals surface area contributed by atoms with E-state index >= 15 is 0 Å². The summed E-state index contributed by atoms with van der Waals surface area (Å²) in [5.41, 5.74) is 2.22. The molecule has 0 heterocycles. The molecule has 2 aromatic carbocycles. The standard InChI is InChI=1S/C23H32BrClN2O2/c1-4-27(5-2)13-7-12-26-16-19-14-22(28-6-3)23(15-21(19)24)29-17-18-8-10-20(25)11-9-18/h8-11,14-15,26H,4-7,12-13,16-17H2,1-3H3. The molecule has 0 fully saturated rings. The minimum atomic E-state index is 0.465. The van der Waals surface area contributed by atoms with E-state index in [2.05, 4.69) is 46.1 Å². The van der Waals surface area contributed by atoms with E-state index in [1.807, 2.05) is 37.3 Å². The van der Waals surface area contributed by atoms with Gasteiger partial charge in [-0.15, -0.1) is 0 Å². The third kappa shape index (κ3) is 8.17. The number of hydrogen-bond donors (Lipinski definition) is 1. The van der Waals surface area contributed by atoms with Gasteiger partial charge in [-0.1, -0.05) is 53.5 Å². The van der Waals surface area contributed by atoms with Gasteiger partial charge in [0.15, 0.2) is 11.5 Å². The second-order valence-electron chi connectivity index (χ2n) is 6.80. The molecule has 0 saturated heterocycles. The first-order valence-electron chi connectivity index (χ1n) is 10.3. The fourth-order valence-corrected chi connectivity index (χ4v) is 3.61. The molecule has 2 aromatic rings. The lowest BCUT2D eigenvalue weighted by molar-refractivity contribution is 0.269. The fraction of sp³-hybridized carbons (Fsp3) is 0.478. The zero-order chi connectivity index (χ0) is 21.1. The number of nitrogens with one attached hydrogen (secondary N) is 1. The summed E-state index contributed by atoms with van der Waals surface area (Å²) in [4.78, 5) is 2.44. The Kier molecular flexibility index (Phi) is 10.9. The molecular formula is C23H32BrClN2O2. The van der Waals surface area contributed by atoms with Crippen molar-refractivity contribution in [3.63, 3.8) is 0 Å². The van der Waals surface area contributed by atoms with Gasteiger partial charge in [-0.25, -0.2) is 0 Å². The summed E-state index contributed by atoms with van der Waals surface area (Å²) in [6, 6.07) is 11.7. The number of halogens is 2. The van der Waals surface area contributed by atoms with Crippen molar-refractivity contribution in [2.45, 2.75) is 40.3 Å². The average Bonchev–Trinajstić information content (AvgIpc) is 2.72. The lowest BCUT2D eigenvalue weighted by Crippen LogP contribution is -2.27. The molecule has 1 N–H and O–H groups in total. The number of rotatable bonds is 13. The van der Waals surface area contributed by atoms with Crippen LogP contribution in [0.15, 0.2) is 40.9 Å². The Hall–Kier alpha value is -1.27. The van der Waals surface area contributed by atoms with E-state index in [1.165, 1.54) is 0 Å². The molecule has 0 radical (unpaired) electrons. The Bertz CT molecular complexity index is 736. The van der Waals surface area contributed by atoms with Crippen molar-refractivity contribution in [2.24, 2.45) is 0 Å². The predicted octanol–water partition coefficient (Wildman–Crippen LogP) is 5.90. The van der Waals surface area contributed by atoms with Crippen LogP contribution in [0.25, 0.3) is 0 Å². The maximum atomic E-state index is 6.02. The molecule has 0 bridgehead atoms. The highest BCUT2D eigenvalue weighted by atomic mass is 79.9. The molecule has 0 aromatic heterocycles. The number of benzene rings is 2. The molecule has 0 aliphatic carbocycles. The Labute approximate surface area is 188 Å². The molecular weight excluding hydrogens is 452 g/mol. The summed E-state index contributed by atoms with van der Waals surface area (Å²) < 4.78 is 12.9. The van der Waals surface area contributed by atoms with Crippen LogP contribution in [-0.4, -0.2) is 37.7 Å². The summed E-state index contributed by atoms with van der Waals surface area (Å²) in [6.07, 6.45) is 1.14. The minimum absolute atomic E-state index is 0.465. The number of hydrogen-bond acceptors (Lipinski definition) is 4. The van der Waals surface area contributed by atoms with Crippen molar-refractivity contribution in [3.8, 4) is 11.5 Å². The van der Waals surface area contributed by atoms with Gasteiger partial charge in [-0.05, 0) is 74.9 Å². The number of ether oxygens (including phenoxy) is 2. The normalized spacial score (nSPS) is 11.1. The second-order valence-corrected chi connectivity index (χ2v) is 8.09. The summed E-state index contributed by atoms with van der Waals surface area (Å²) in [6.45, 7) is 12.6. The first kappa shape index (κ1) is 24.0. The molecule has 6 heteroatoms. The van der Waals surface area contributed by atoms with Crippen molar-refractivity contribution >= 4 is 27.5 Å². The summed E-state index contributed by atoms with van der Waals surface area (Å²) in [5.74, 6) is 1.50. The highest BCUT2D eigenvalue weighted by Gasteiger charge is 2.11. The molecule has 0 spiro atoms. The van der Waals surface area contributed by atoms with Gasteiger partial charge in [-0.3, -0.25) is 0 Å². The zero-order valence-corrected chi connectivity index (χ0v) is 20.0. The third-order valence-electron chi connectivity index (χ3n) is 4.76. The zero-order valence-electron chi connectivity index (χ0n) is 17.6. The van der Waals surface area contributed by atoms with Crippen LogP contribution in [0, 0.1) is 0 Å². The summed E-state index contributed by atoms with van der Waals surface area (Å²) >= 11 is 9.63. The van der Waals surface area contributed by atoms with Gasteiger partial charge in [0.1, 0.15) is 6.61 Å². The van der Waals surface area contributed by atoms with Crippen molar-refractivity contribution in [2.75, 3.05) is 32.8 Å². The molecule has 0 aliphatic rings. The molecule has 0 saturated carbocycles. The van der Waals surface area contributed by atoms with Crippen LogP contribution in [-0.2, 0) is 13.2 Å². The van der Waals surface area contributed by atoms with Gasteiger partial charge in [-0.2, -0.15) is 0 Å². The molecule has 0 unspecified atom stereocenters. The van der Waals surface area contributed by atoms with E-state index in [1.54, 1.807) is 0 Å². The smallest absolute Gasteiger partial charge is 0.162 e.